The summed E-state index contributed by atoms with van der Waals surface area (Å²) in [5.74, 6) is -0.190. The molecule has 3 rings (SSSR count). The second-order valence-corrected chi connectivity index (χ2v) is 8.91. The van der Waals surface area contributed by atoms with Gasteiger partial charge in [-0.1, -0.05) is 53.0 Å². The van der Waals surface area contributed by atoms with Crippen LogP contribution in [-0.4, -0.2) is 24.7 Å². The topological polar surface area (TPSA) is 75.8 Å². The molecule has 0 aliphatic rings. The smallest absolute Gasteiger partial charge is 0.238 e. The Morgan fingerprint density at radius 3 is 2.42 bits per heavy atom. The maximum atomic E-state index is 11.8. The third-order valence-corrected chi connectivity index (χ3v) is 6.50. The Morgan fingerprint density at radius 1 is 1.03 bits per heavy atom. The zero-order valence-corrected chi connectivity index (χ0v) is 19.5. The highest BCUT2D eigenvalue weighted by molar-refractivity contribution is 8.00. The van der Waals surface area contributed by atoms with Gasteiger partial charge in [0.25, 0.3) is 0 Å². The normalized spacial score (nSPS) is 10.7. The lowest BCUT2D eigenvalue weighted by atomic mass is 10.0. The fraction of sp³-hybridized carbons (Fsp3) is 0.136. The highest BCUT2D eigenvalue weighted by atomic mass is 35.5. The number of nitrogens with two attached hydrogens (primary N) is 1. The average molecular weight is 498 g/mol. The molecule has 0 bridgehead atoms. The molecule has 3 aromatic rings. The van der Waals surface area contributed by atoms with E-state index in [1.165, 1.54) is 25.1 Å². The van der Waals surface area contributed by atoms with Crippen LogP contribution in [0.3, 0.4) is 0 Å². The van der Waals surface area contributed by atoms with E-state index in [1.807, 2.05) is 24.3 Å². The first-order chi connectivity index (χ1) is 14.8. The zero-order chi connectivity index (χ0) is 22.5. The van der Waals surface area contributed by atoms with Crippen molar-refractivity contribution in [1.82, 2.24) is 0 Å². The molecule has 0 unspecified atom stereocenters. The van der Waals surface area contributed by atoms with Crippen LogP contribution >= 0.6 is 46.8 Å². The molecule has 0 atom stereocenters. The minimum Gasteiger partial charge on any atom is -0.504 e. The van der Waals surface area contributed by atoms with Gasteiger partial charge in [0.1, 0.15) is 6.54 Å². The van der Waals surface area contributed by atoms with Crippen molar-refractivity contribution < 1.29 is 14.6 Å². The second-order valence-electron chi connectivity index (χ2n) is 6.59. The first-order valence-corrected chi connectivity index (χ1v) is 11.0. The van der Waals surface area contributed by atoms with Gasteiger partial charge < -0.3 is 19.9 Å². The van der Waals surface area contributed by atoms with Crippen LogP contribution in [0.25, 0.3) is 0 Å². The third-order valence-electron chi connectivity index (χ3n) is 4.40. The summed E-state index contributed by atoms with van der Waals surface area (Å²) >= 11 is 20.2. The van der Waals surface area contributed by atoms with Crippen molar-refractivity contribution in [3.63, 3.8) is 0 Å². The van der Waals surface area contributed by atoms with Gasteiger partial charge in [-0.2, -0.15) is 0 Å². The van der Waals surface area contributed by atoms with Gasteiger partial charge in [0.2, 0.25) is 5.91 Å². The number of halogens is 3. The zero-order valence-electron chi connectivity index (χ0n) is 16.4. The van der Waals surface area contributed by atoms with Gasteiger partial charge in [-0.15, -0.1) is 0 Å². The first-order valence-electron chi connectivity index (χ1n) is 9.10. The quantitative estimate of drug-likeness (QED) is 0.376. The summed E-state index contributed by atoms with van der Waals surface area (Å²) in [5, 5.41) is 11.2. The number of hydrogen-bond donors (Lipinski definition) is 2. The number of phenols is 1. The lowest BCUT2D eigenvalue weighted by Crippen LogP contribution is -2.29. The number of anilines is 1. The van der Waals surface area contributed by atoms with Crippen molar-refractivity contribution in [1.29, 1.82) is 0 Å². The number of ether oxygens (including phenoxy) is 1. The number of amides is 1. The molecule has 162 valence electrons. The highest BCUT2D eigenvalue weighted by Gasteiger charge is 2.19. The molecule has 0 aliphatic carbocycles. The average Bonchev–Trinajstić information content (AvgIpc) is 2.72. The Balaban J connectivity index is 2.05. The molecule has 0 radical (unpaired) electrons. The van der Waals surface area contributed by atoms with Crippen LogP contribution in [0.15, 0.2) is 59.5 Å². The van der Waals surface area contributed by atoms with E-state index in [1.54, 1.807) is 28.6 Å². The van der Waals surface area contributed by atoms with Crippen LogP contribution in [0.4, 0.5) is 5.69 Å². The second kappa shape index (κ2) is 10.4. The molecule has 0 saturated heterocycles. The van der Waals surface area contributed by atoms with Crippen molar-refractivity contribution >= 4 is 58.3 Å². The monoisotopic (exact) mass is 496 g/mol. The highest BCUT2D eigenvalue weighted by Crippen LogP contribution is 2.39. The Bertz CT molecular complexity index is 1110. The van der Waals surface area contributed by atoms with Gasteiger partial charge in [0.15, 0.2) is 11.5 Å². The fourth-order valence-corrected chi connectivity index (χ4v) is 4.50. The Hall–Kier alpha value is -2.25. The van der Waals surface area contributed by atoms with Crippen molar-refractivity contribution in [2.75, 3.05) is 18.0 Å². The van der Waals surface area contributed by atoms with E-state index < -0.39 is 5.91 Å². The molecule has 0 heterocycles. The largest absolute Gasteiger partial charge is 0.504 e. The van der Waals surface area contributed by atoms with Crippen LogP contribution in [0, 0.1) is 0 Å². The lowest BCUT2D eigenvalue weighted by Gasteiger charge is -2.25. The molecule has 1 amide bonds. The van der Waals surface area contributed by atoms with E-state index in [2.05, 4.69) is 0 Å². The Kier molecular flexibility index (Phi) is 7.84. The number of rotatable bonds is 8. The van der Waals surface area contributed by atoms with Gasteiger partial charge >= 0.3 is 0 Å². The van der Waals surface area contributed by atoms with Gasteiger partial charge in [0.05, 0.1) is 22.8 Å². The van der Waals surface area contributed by atoms with Gasteiger partial charge in [-0.05, 0) is 59.5 Å². The maximum Gasteiger partial charge on any atom is 0.238 e. The molecule has 0 spiro atoms. The van der Waals surface area contributed by atoms with Crippen molar-refractivity contribution in [3.8, 4) is 11.5 Å². The van der Waals surface area contributed by atoms with E-state index >= 15 is 0 Å². The molecular weight excluding hydrogens is 479 g/mol. The van der Waals surface area contributed by atoms with Crippen LogP contribution in [0.5, 0.6) is 11.5 Å². The minimum atomic E-state index is -0.520. The van der Waals surface area contributed by atoms with E-state index in [9.17, 15) is 9.90 Å². The minimum absolute atomic E-state index is 0.0160. The molecule has 5 nitrogen and oxygen atoms in total. The fourth-order valence-electron chi connectivity index (χ4n) is 2.95. The van der Waals surface area contributed by atoms with Crippen LogP contribution in [0.1, 0.15) is 11.1 Å². The SMILES string of the molecule is COc1cc(SN(CC(N)=O)c2cc(Cl)c(Cl)cc2Cc2ccccc2Cl)ccc1O. The van der Waals surface area contributed by atoms with Crippen molar-refractivity contribution in [2.45, 2.75) is 11.3 Å². The molecule has 0 aliphatic heterocycles. The molecule has 9 heteroatoms. The summed E-state index contributed by atoms with van der Waals surface area (Å²) in [4.78, 5) is 12.6. The van der Waals surface area contributed by atoms with E-state index in [0.29, 0.717) is 32.9 Å². The summed E-state index contributed by atoms with van der Waals surface area (Å²) in [6.07, 6.45) is 0.473. The number of benzene rings is 3. The number of carbonyl (C=O) groups excluding carboxylic acids is 1. The van der Waals surface area contributed by atoms with Crippen molar-refractivity contribution in [3.05, 3.63) is 80.8 Å². The number of nitrogens with zero attached hydrogens (tertiary/aromatic N) is 1. The predicted octanol–water partition coefficient (Wildman–Crippen LogP) is 5.95. The number of carbonyl (C=O) groups is 1. The molecule has 3 aromatic carbocycles. The lowest BCUT2D eigenvalue weighted by molar-refractivity contribution is -0.116. The number of aromatic hydroxyl groups is 1. The number of hydrogen-bond acceptors (Lipinski definition) is 5. The van der Waals surface area contributed by atoms with Crippen LogP contribution in [0.2, 0.25) is 15.1 Å². The number of primary amides is 1. The van der Waals surface area contributed by atoms with Crippen LogP contribution < -0.4 is 14.8 Å². The molecule has 0 fully saturated rings. The summed E-state index contributed by atoms with van der Waals surface area (Å²) in [5.41, 5.74) is 7.92. The molecule has 3 N–H and O–H groups in total. The first kappa shape index (κ1) is 23.4. The van der Waals surface area contributed by atoms with Crippen LogP contribution in [-0.2, 0) is 11.2 Å². The van der Waals surface area contributed by atoms with E-state index in [-0.39, 0.29) is 12.3 Å². The Labute approximate surface area is 199 Å². The van der Waals surface area contributed by atoms with Gasteiger partial charge in [-0.25, -0.2) is 0 Å². The number of methoxy groups -OCH3 is 1. The maximum absolute atomic E-state index is 11.8. The molecule has 0 saturated carbocycles. The van der Waals surface area contributed by atoms with Crippen molar-refractivity contribution in [2.24, 2.45) is 5.73 Å². The standard InChI is InChI=1S/C22H19Cl3N2O3S/c1-30-21-10-15(6-7-20(21)28)31-27(12-22(26)29)19-11-18(25)17(24)9-14(19)8-13-4-2-3-5-16(13)23/h2-7,9-11,28H,8,12H2,1H3,(H2,26,29). The van der Waals surface area contributed by atoms with E-state index in [4.69, 9.17) is 45.3 Å². The van der Waals surface area contributed by atoms with Gasteiger partial charge in [-0.3, -0.25) is 4.79 Å². The molecule has 0 aromatic heterocycles. The summed E-state index contributed by atoms with van der Waals surface area (Å²) < 4.78 is 6.90. The number of phenolic OH excluding ortho intramolecular Hbond substituents is 1. The third kappa shape index (κ3) is 5.92. The summed E-state index contributed by atoms with van der Waals surface area (Å²) in [7, 11) is 1.46. The summed E-state index contributed by atoms with van der Waals surface area (Å²) in [6.45, 7) is -0.0820. The summed E-state index contributed by atoms with van der Waals surface area (Å²) in [6, 6.07) is 15.8. The van der Waals surface area contributed by atoms with Gasteiger partial charge in [0, 0.05) is 16.3 Å². The predicted molar refractivity (Wildman–Crippen MR) is 128 cm³/mol. The van der Waals surface area contributed by atoms with E-state index in [0.717, 1.165) is 16.0 Å². The Morgan fingerprint density at radius 2 is 1.74 bits per heavy atom. The molecular formula is C22H19Cl3N2O3S. The molecule has 31 heavy (non-hydrogen) atoms.